The van der Waals surface area contributed by atoms with E-state index in [4.69, 9.17) is 4.74 Å². The number of nitrogens with one attached hydrogen (secondary N) is 1. The van der Waals surface area contributed by atoms with Gasteiger partial charge in [0.1, 0.15) is 0 Å². The summed E-state index contributed by atoms with van der Waals surface area (Å²) < 4.78 is 5.40. The number of aromatic carboxylic acids is 1. The number of carboxylic acids is 1. The molecule has 104 valence electrons. The van der Waals surface area contributed by atoms with Crippen LogP contribution < -0.4 is 5.32 Å². The van der Waals surface area contributed by atoms with Gasteiger partial charge in [0.25, 0.3) is 0 Å². The molecule has 2 aromatic rings. The van der Waals surface area contributed by atoms with Crippen molar-refractivity contribution in [3.05, 3.63) is 30.0 Å². The van der Waals surface area contributed by atoms with Gasteiger partial charge in [0.05, 0.1) is 23.3 Å². The van der Waals surface area contributed by atoms with Gasteiger partial charge in [-0.15, -0.1) is 10.2 Å². The van der Waals surface area contributed by atoms with Gasteiger partial charge >= 0.3 is 5.97 Å². The molecular weight excluding hydrogens is 258 g/mol. The van der Waals surface area contributed by atoms with Crippen LogP contribution in [-0.2, 0) is 4.74 Å². The number of carbonyl (C=O) groups is 1. The molecule has 0 aliphatic carbocycles. The Morgan fingerprint density at radius 3 is 2.90 bits per heavy atom. The maximum atomic E-state index is 11.4. The molecular formula is C14H15N3O3. The fourth-order valence-electron chi connectivity index (χ4n) is 2.40. The lowest BCUT2D eigenvalue weighted by Gasteiger charge is -2.26. The summed E-state index contributed by atoms with van der Waals surface area (Å²) >= 11 is 0. The minimum atomic E-state index is -1.09. The largest absolute Gasteiger partial charge is 0.476 e. The second kappa shape index (κ2) is 4.72. The number of anilines is 1. The summed E-state index contributed by atoms with van der Waals surface area (Å²) in [6, 6.07) is 7.36. The summed E-state index contributed by atoms with van der Waals surface area (Å²) in [4.78, 5) is 11.4. The van der Waals surface area contributed by atoms with Crippen molar-refractivity contribution in [2.75, 3.05) is 18.5 Å². The third-order valence-electron chi connectivity index (χ3n) is 3.52. The van der Waals surface area contributed by atoms with Gasteiger partial charge in [0.15, 0.2) is 5.69 Å². The predicted octanol–water partition coefficient (Wildman–Crippen LogP) is 1.92. The number of nitrogens with zero attached hydrogens (tertiary/aromatic N) is 2. The monoisotopic (exact) mass is 273 g/mol. The molecule has 20 heavy (non-hydrogen) atoms. The molecule has 2 N–H and O–H groups in total. The first-order valence-electron chi connectivity index (χ1n) is 6.44. The lowest BCUT2D eigenvalue weighted by molar-refractivity contribution is 0.0690. The van der Waals surface area contributed by atoms with Crippen LogP contribution in [0.15, 0.2) is 24.3 Å². The molecule has 1 saturated heterocycles. The number of hydrogen-bond acceptors (Lipinski definition) is 5. The highest BCUT2D eigenvalue weighted by Gasteiger charge is 2.32. The zero-order chi connectivity index (χ0) is 14.2. The van der Waals surface area contributed by atoms with E-state index >= 15 is 0 Å². The molecule has 0 bridgehead atoms. The van der Waals surface area contributed by atoms with E-state index in [9.17, 15) is 9.90 Å². The number of benzene rings is 1. The van der Waals surface area contributed by atoms with E-state index in [-0.39, 0.29) is 11.2 Å². The van der Waals surface area contributed by atoms with Crippen molar-refractivity contribution in [1.29, 1.82) is 0 Å². The van der Waals surface area contributed by atoms with E-state index < -0.39 is 5.97 Å². The maximum Gasteiger partial charge on any atom is 0.358 e. The molecule has 1 aromatic heterocycles. The van der Waals surface area contributed by atoms with Crippen LogP contribution in [0.25, 0.3) is 10.9 Å². The summed E-state index contributed by atoms with van der Waals surface area (Å²) in [5.41, 5.74) is 0.839. The lowest BCUT2D eigenvalue weighted by atomic mass is 10.00. The molecule has 0 amide bonds. The van der Waals surface area contributed by atoms with Crippen LogP contribution in [0, 0.1) is 0 Å². The van der Waals surface area contributed by atoms with Crippen LogP contribution in [0.5, 0.6) is 0 Å². The van der Waals surface area contributed by atoms with E-state index in [1.165, 1.54) is 0 Å². The Bertz CT molecular complexity index is 666. The fourth-order valence-corrected chi connectivity index (χ4v) is 2.40. The van der Waals surface area contributed by atoms with Crippen molar-refractivity contribution in [3.63, 3.8) is 0 Å². The third kappa shape index (κ3) is 2.18. The predicted molar refractivity (Wildman–Crippen MR) is 74.0 cm³/mol. The molecule has 0 saturated carbocycles. The highest BCUT2D eigenvalue weighted by atomic mass is 16.5. The number of carboxylic acid groups (broad SMARTS) is 1. The quantitative estimate of drug-likeness (QED) is 0.888. The minimum absolute atomic E-state index is 0.0585. The standard InChI is InChI=1S/C14H15N3O3/c1-14(6-7-20-8-14)15-11-9-4-2-3-5-10(9)16-17-12(11)13(18)19/h2-5H,6-8H2,1H3,(H,15,16)(H,18,19). The second-order valence-corrected chi connectivity index (χ2v) is 5.23. The maximum absolute atomic E-state index is 11.4. The average Bonchev–Trinajstić information content (AvgIpc) is 2.85. The molecule has 1 atom stereocenters. The number of hydrogen-bond donors (Lipinski definition) is 2. The summed E-state index contributed by atoms with van der Waals surface area (Å²) in [6.45, 7) is 3.23. The van der Waals surface area contributed by atoms with Gasteiger partial charge in [-0.05, 0) is 19.4 Å². The molecule has 0 spiro atoms. The highest BCUT2D eigenvalue weighted by molar-refractivity contribution is 6.02. The summed E-state index contributed by atoms with van der Waals surface area (Å²) in [7, 11) is 0. The van der Waals surface area contributed by atoms with Crippen molar-refractivity contribution < 1.29 is 14.6 Å². The average molecular weight is 273 g/mol. The first-order valence-corrected chi connectivity index (χ1v) is 6.44. The Morgan fingerprint density at radius 2 is 2.20 bits per heavy atom. The SMILES string of the molecule is CC1(Nc2c(C(=O)O)nnc3ccccc23)CCOC1. The summed E-state index contributed by atoms with van der Waals surface area (Å²) in [5, 5.41) is 21.2. The Balaban J connectivity index is 2.14. The molecule has 1 unspecified atom stereocenters. The van der Waals surface area contributed by atoms with Crippen molar-refractivity contribution in [2.24, 2.45) is 0 Å². The van der Waals surface area contributed by atoms with Crippen LogP contribution in [0.1, 0.15) is 23.8 Å². The van der Waals surface area contributed by atoms with Gasteiger partial charge in [-0.2, -0.15) is 0 Å². The van der Waals surface area contributed by atoms with E-state index in [0.29, 0.717) is 24.4 Å². The Kier molecular flexibility index (Phi) is 3.02. The summed E-state index contributed by atoms with van der Waals surface area (Å²) in [6.07, 6.45) is 0.822. The van der Waals surface area contributed by atoms with Gasteiger partial charge in [0, 0.05) is 12.0 Å². The Morgan fingerprint density at radius 1 is 1.40 bits per heavy atom. The van der Waals surface area contributed by atoms with Crippen LogP contribution in [-0.4, -0.2) is 40.0 Å². The molecule has 3 rings (SSSR count). The number of rotatable bonds is 3. The first kappa shape index (κ1) is 12.8. The molecule has 1 aliphatic heterocycles. The second-order valence-electron chi connectivity index (χ2n) is 5.23. The zero-order valence-electron chi connectivity index (χ0n) is 11.1. The molecule has 6 heteroatoms. The van der Waals surface area contributed by atoms with E-state index in [1.807, 2.05) is 31.2 Å². The number of ether oxygens (including phenoxy) is 1. The third-order valence-corrected chi connectivity index (χ3v) is 3.52. The van der Waals surface area contributed by atoms with Crippen LogP contribution in [0.2, 0.25) is 0 Å². The molecule has 1 aromatic carbocycles. The Labute approximate surface area is 115 Å². The van der Waals surface area contributed by atoms with Crippen molar-refractivity contribution in [1.82, 2.24) is 10.2 Å². The summed E-state index contributed by atoms with van der Waals surface area (Å²) in [5.74, 6) is -1.09. The smallest absolute Gasteiger partial charge is 0.358 e. The molecule has 0 radical (unpaired) electrons. The van der Waals surface area contributed by atoms with Gasteiger partial charge in [0.2, 0.25) is 0 Å². The van der Waals surface area contributed by atoms with Crippen molar-refractivity contribution in [3.8, 4) is 0 Å². The van der Waals surface area contributed by atoms with Gasteiger partial charge < -0.3 is 15.2 Å². The van der Waals surface area contributed by atoms with Gasteiger partial charge in [-0.25, -0.2) is 4.79 Å². The van der Waals surface area contributed by atoms with E-state index in [0.717, 1.165) is 11.8 Å². The topological polar surface area (TPSA) is 84.3 Å². The zero-order valence-corrected chi connectivity index (χ0v) is 11.1. The van der Waals surface area contributed by atoms with Gasteiger partial charge in [-0.1, -0.05) is 18.2 Å². The van der Waals surface area contributed by atoms with Crippen LogP contribution in [0.4, 0.5) is 5.69 Å². The van der Waals surface area contributed by atoms with E-state index in [1.54, 1.807) is 0 Å². The number of aromatic nitrogens is 2. The van der Waals surface area contributed by atoms with Gasteiger partial charge in [-0.3, -0.25) is 0 Å². The molecule has 2 heterocycles. The van der Waals surface area contributed by atoms with Crippen LogP contribution in [0.3, 0.4) is 0 Å². The lowest BCUT2D eigenvalue weighted by Crippen LogP contribution is -2.36. The van der Waals surface area contributed by atoms with Crippen molar-refractivity contribution in [2.45, 2.75) is 18.9 Å². The normalized spacial score (nSPS) is 22.1. The minimum Gasteiger partial charge on any atom is -0.476 e. The highest BCUT2D eigenvalue weighted by Crippen LogP contribution is 2.30. The number of fused-ring (bicyclic) bond motifs is 1. The molecule has 1 aliphatic rings. The molecule has 6 nitrogen and oxygen atoms in total. The molecule has 1 fully saturated rings. The van der Waals surface area contributed by atoms with Crippen molar-refractivity contribution >= 4 is 22.6 Å². The van der Waals surface area contributed by atoms with Crippen LogP contribution >= 0.6 is 0 Å². The fraction of sp³-hybridized carbons (Fsp3) is 0.357. The Hall–Kier alpha value is -2.21. The van der Waals surface area contributed by atoms with E-state index in [2.05, 4.69) is 15.5 Å². The first-order chi connectivity index (χ1) is 9.59.